The van der Waals surface area contributed by atoms with Crippen LogP contribution in [0, 0.1) is 0 Å². The zero-order chi connectivity index (χ0) is 20.1. The van der Waals surface area contributed by atoms with Gasteiger partial charge in [-0.2, -0.15) is 0 Å². The molecule has 3 rings (SSSR count). The molecule has 28 heavy (non-hydrogen) atoms. The number of hydrogen-bond donors (Lipinski definition) is 1. The summed E-state index contributed by atoms with van der Waals surface area (Å²) in [5.41, 5.74) is 0.999. The van der Waals surface area contributed by atoms with Crippen molar-refractivity contribution in [3.8, 4) is 0 Å². The van der Waals surface area contributed by atoms with Crippen molar-refractivity contribution in [1.82, 2.24) is 5.32 Å². The van der Waals surface area contributed by atoms with Gasteiger partial charge in [-0.1, -0.05) is 41.9 Å². The molecule has 1 N–H and O–H groups in total. The molecule has 6 nitrogen and oxygen atoms in total. The second kappa shape index (κ2) is 8.86. The molecule has 0 radical (unpaired) electrons. The Balaban J connectivity index is 1.55. The van der Waals surface area contributed by atoms with Gasteiger partial charge in [0.1, 0.15) is 18.0 Å². The lowest BCUT2D eigenvalue weighted by Gasteiger charge is -2.07. The van der Waals surface area contributed by atoms with Gasteiger partial charge in [0.2, 0.25) is 0 Å². The van der Waals surface area contributed by atoms with E-state index >= 15 is 0 Å². The minimum atomic E-state index is -0.603. The second-order valence-corrected chi connectivity index (χ2v) is 7.21. The van der Waals surface area contributed by atoms with E-state index in [1.807, 2.05) is 24.3 Å². The second-order valence-electron chi connectivity index (χ2n) is 5.78. The third kappa shape index (κ3) is 4.49. The molecule has 8 heteroatoms. The van der Waals surface area contributed by atoms with Gasteiger partial charge in [0.15, 0.2) is 0 Å². The number of nitrogens with one attached hydrogen (secondary N) is 1. The van der Waals surface area contributed by atoms with E-state index < -0.39 is 17.8 Å². The van der Waals surface area contributed by atoms with E-state index in [4.69, 9.17) is 16.3 Å². The van der Waals surface area contributed by atoms with Gasteiger partial charge in [-0.15, -0.1) is 11.3 Å². The Hall–Kier alpha value is -2.90. The van der Waals surface area contributed by atoms with E-state index in [0.717, 1.165) is 10.1 Å². The van der Waals surface area contributed by atoms with Crippen LogP contribution in [0.5, 0.6) is 0 Å². The molecule has 0 atom stereocenters. The molecule has 2 aromatic carbocycles. The zero-order valence-corrected chi connectivity index (χ0v) is 16.4. The van der Waals surface area contributed by atoms with E-state index in [0.29, 0.717) is 21.0 Å². The summed E-state index contributed by atoms with van der Waals surface area (Å²) >= 11 is 7.52. The van der Waals surface area contributed by atoms with Gasteiger partial charge in [-0.05, 0) is 23.8 Å². The van der Waals surface area contributed by atoms with E-state index in [1.54, 1.807) is 24.3 Å². The molecule has 0 aliphatic heterocycles. The summed E-state index contributed by atoms with van der Waals surface area (Å²) in [4.78, 5) is 36.1. The maximum atomic E-state index is 12.3. The topological polar surface area (TPSA) is 81.7 Å². The van der Waals surface area contributed by atoms with Gasteiger partial charge < -0.3 is 14.8 Å². The fourth-order valence-electron chi connectivity index (χ4n) is 2.51. The molecule has 0 unspecified atom stereocenters. The molecule has 0 bridgehead atoms. The minimum Gasteiger partial charge on any atom is -0.465 e. The first kappa shape index (κ1) is 19.9. The summed E-state index contributed by atoms with van der Waals surface area (Å²) in [6.45, 7) is -0.316. The highest BCUT2D eigenvalue weighted by atomic mass is 35.5. The normalized spacial score (nSPS) is 10.5. The summed E-state index contributed by atoms with van der Waals surface area (Å²) in [5.74, 6) is -1.51. The van der Waals surface area contributed by atoms with E-state index in [-0.39, 0.29) is 13.2 Å². The van der Waals surface area contributed by atoms with Gasteiger partial charge >= 0.3 is 11.9 Å². The Morgan fingerprint density at radius 2 is 1.89 bits per heavy atom. The smallest absolute Gasteiger partial charge is 0.337 e. The van der Waals surface area contributed by atoms with Gasteiger partial charge in [0.05, 0.1) is 17.7 Å². The molecule has 1 amide bonds. The Labute approximate surface area is 170 Å². The summed E-state index contributed by atoms with van der Waals surface area (Å²) in [5, 5.41) is 3.68. The van der Waals surface area contributed by atoms with Crippen molar-refractivity contribution in [2.45, 2.75) is 6.61 Å². The average molecular weight is 418 g/mol. The van der Waals surface area contributed by atoms with Crippen LogP contribution < -0.4 is 5.32 Å². The van der Waals surface area contributed by atoms with Gasteiger partial charge in [0.25, 0.3) is 5.91 Å². The molecule has 0 saturated carbocycles. The van der Waals surface area contributed by atoms with Crippen molar-refractivity contribution in [3.05, 3.63) is 69.6 Å². The van der Waals surface area contributed by atoms with Crippen LogP contribution in [0.15, 0.2) is 48.5 Å². The van der Waals surface area contributed by atoms with Crippen molar-refractivity contribution < 1.29 is 23.9 Å². The maximum Gasteiger partial charge on any atom is 0.337 e. The first-order valence-electron chi connectivity index (χ1n) is 8.27. The number of esters is 2. The molecule has 0 spiro atoms. The predicted octanol–water partition coefficient (Wildman–Crippen LogP) is 3.81. The van der Waals surface area contributed by atoms with Crippen LogP contribution in [0.4, 0.5) is 0 Å². The number of thiophene rings is 1. The summed E-state index contributed by atoms with van der Waals surface area (Å²) in [6, 6.07) is 14.0. The molecular weight excluding hydrogens is 402 g/mol. The van der Waals surface area contributed by atoms with E-state index in [2.05, 4.69) is 10.1 Å². The third-order valence-electron chi connectivity index (χ3n) is 3.88. The summed E-state index contributed by atoms with van der Waals surface area (Å²) in [6.07, 6.45) is 0. The van der Waals surface area contributed by atoms with Crippen LogP contribution in [0.25, 0.3) is 10.1 Å². The van der Waals surface area contributed by atoms with Gasteiger partial charge in [0, 0.05) is 10.1 Å². The van der Waals surface area contributed by atoms with Crippen molar-refractivity contribution in [2.24, 2.45) is 0 Å². The quantitative estimate of drug-likeness (QED) is 0.616. The van der Waals surface area contributed by atoms with Crippen LogP contribution in [0.3, 0.4) is 0 Å². The molecule has 0 saturated heterocycles. The largest absolute Gasteiger partial charge is 0.465 e. The molecule has 3 aromatic rings. The van der Waals surface area contributed by atoms with Crippen LogP contribution in [0.1, 0.15) is 25.6 Å². The van der Waals surface area contributed by atoms with Crippen LogP contribution in [-0.4, -0.2) is 31.5 Å². The molecule has 144 valence electrons. The van der Waals surface area contributed by atoms with Gasteiger partial charge in [-0.3, -0.25) is 9.59 Å². The highest BCUT2D eigenvalue weighted by Gasteiger charge is 2.17. The van der Waals surface area contributed by atoms with E-state index in [1.165, 1.54) is 18.4 Å². The number of rotatable bonds is 6. The maximum absolute atomic E-state index is 12.3. The molecule has 1 heterocycles. The van der Waals surface area contributed by atoms with Crippen molar-refractivity contribution in [3.63, 3.8) is 0 Å². The molecule has 0 fully saturated rings. The van der Waals surface area contributed by atoms with Crippen LogP contribution in [0.2, 0.25) is 5.02 Å². The number of benzene rings is 2. The third-order valence-corrected chi connectivity index (χ3v) is 5.56. The number of ether oxygens (including phenoxy) is 2. The number of carbonyl (C=O) groups is 3. The van der Waals surface area contributed by atoms with Crippen LogP contribution >= 0.6 is 22.9 Å². The highest BCUT2D eigenvalue weighted by Crippen LogP contribution is 2.34. The number of amides is 1. The fraction of sp³-hybridized carbons (Fsp3) is 0.150. The zero-order valence-electron chi connectivity index (χ0n) is 14.9. The van der Waals surface area contributed by atoms with E-state index in [9.17, 15) is 14.4 Å². The minimum absolute atomic E-state index is 0.0246. The lowest BCUT2D eigenvalue weighted by Crippen LogP contribution is -2.30. The SMILES string of the molecule is COC(=O)c1cccc(COC(=O)CNC(=O)c2sc3ccccc3c2Cl)c1. The molecule has 0 aliphatic rings. The highest BCUT2D eigenvalue weighted by molar-refractivity contribution is 7.21. The monoisotopic (exact) mass is 417 g/mol. The van der Waals surface area contributed by atoms with Crippen molar-refractivity contribution >= 4 is 50.9 Å². The number of hydrogen-bond acceptors (Lipinski definition) is 6. The first-order chi connectivity index (χ1) is 13.5. The molecule has 1 aromatic heterocycles. The lowest BCUT2D eigenvalue weighted by atomic mass is 10.1. The molecule has 0 aliphatic carbocycles. The van der Waals surface area contributed by atoms with Crippen molar-refractivity contribution in [2.75, 3.05) is 13.7 Å². The standard InChI is InChI=1S/C20H16ClNO5S/c1-26-20(25)13-6-4-5-12(9-13)11-27-16(23)10-22-19(24)18-17(21)14-7-2-3-8-15(14)28-18/h2-9H,10-11H2,1H3,(H,22,24). The number of halogens is 1. The van der Waals surface area contributed by atoms with Gasteiger partial charge in [-0.25, -0.2) is 4.79 Å². The lowest BCUT2D eigenvalue weighted by molar-refractivity contribution is -0.143. The summed E-state index contributed by atoms with van der Waals surface area (Å²) < 4.78 is 10.7. The first-order valence-corrected chi connectivity index (χ1v) is 9.47. The number of methoxy groups -OCH3 is 1. The Morgan fingerprint density at radius 3 is 2.64 bits per heavy atom. The predicted molar refractivity (Wildman–Crippen MR) is 107 cm³/mol. The number of fused-ring (bicyclic) bond motifs is 1. The van der Waals surface area contributed by atoms with Crippen LogP contribution in [-0.2, 0) is 20.9 Å². The fourth-order valence-corrected chi connectivity index (χ4v) is 3.95. The Bertz CT molecular complexity index is 1050. The molecular formula is C20H16ClNO5S. The van der Waals surface area contributed by atoms with Crippen molar-refractivity contribution in [1.29, 1.82) is 0 Å². The Kier molecular flexibility index (Phi) is 6.28. The number of carbonyl (C=O) groups excluding carboxylic acids is 3. The summed E-state index contributed by atoms with van der Waals surface area (Å²) in [7, 11) is 1.29. The Morgan fingerprint density at radius 1 is 1.11 bits per heavy atom. The average Bonchev–Trinajstić information content (AvgIpc) is 3.07.